The maximum absolute atomic E-state index is 12.9. The number of benzene rings is 2. The van der Waals surface area contributed by atoms with Gasteiger partial charge in [-0.3, -0.25) is 4.79 Å². The first-order chi connectivity index (χ1) is 11.6. The molecule has 0 saturated heterocycles. The molecule has 0 unspecified atom stereocenters. The van der Waals surface area contributed by atoms with Crippen molar-refractivity contribution in [2.45, 2.75) is 26.9 Å². The molecule has 4 nitrogen and oxygen atoms in total. The van der Waals surface area contributed by atoms with E-state index >= 15 is 0 Å². The number of ether oxygens (including phenoxy) is 2. The predicted octanol–water partition coefficient (Wildman–Crippen LogP) is 4.40. The quantitative estimate of drug-likeness (QED) is 0.729. The first-order valence-electron chi connectivity index (χ1n) is 8.04. The second kappa shape index (κ2) is 9.03. The van der Waals surface area contributed by atoms with Gasteiger partial charge in [0.1, 0.15) is 11.6 Å². The van der Waals surface area contributed by atoms with Gasteiger partial charge in [-0.25, -0.2) is 4.39 Å². The van der Waals surface area contributed by atoms with Crippen LogP contribution in [0.15, 0.2) is 42.5 Å². The van der Waals surface area contributed by atoms with Crippen molar-refractivity contribution in [3.63, 3.8) is 0 Å². The van der Waals surface area contributed by atoms with Crippen molar-refractivity contribution < 1.29 is 18.7 Å². The second-order valence-corrected chi connectivity index (χ2v) is 5.27. The third-order valence-electron chi connectivity index (χ3n) is 3.33. The van der Waals surface area contributed by atoms with Crippen LogP contribution >= 0.6 is 0 Å². The van der Waals surface area contributed by atoms with Crippen LogP contribution < -0.4 is 10.1 Å². The summed E-state index contributed by atoms with van der Waals surface area (Å²) in [5, 5.41) is 2.74. The molecule has 0 aliphatic carbocycles. The topological polar surface area (TPSA) is 47.6 Å². The highest BCUT2D eigenvalue weighted by molar-refractivity contribution is 6.04. The van der Waals surface area contributed by atoms with Crippen molar-refractivity contribution >= 4 is 11.6 Å². The van der Waals surface area contributed by atoms with Crippen LogP contribution in [-0.4, -0.2) is 19.1 Å². The van der Waals surface area contributed by atoms with Gasteiger partial charge in [-0.15, -0.1) is 0 Å². The molecule has 0 aromatic heterocycles. The molecule has 1 amide bonds. The van der Waals surface area contributed by atoms with E-state index in [0.717, 1.165) is 12.0 Å². The summed E-state index contributed by atoms with van der Waals surface area (Å²) in [5.74, 6) is 0.109. The minimum Gasteiger partial charge on any atom is -0.494 e. The number of anilines is 1. The van der Waals surface area contributed by atoms with Gasteiger partial charge in [0.2, 0.25) is 0 Å². The van der Waals surface area contributed by atoms with Crippen LogP contribution in [-0.2, 0) is 11.3 Å². The maximum atomic E-state index is 12.9. The Hall–Kier alpha value is -2.40. The summed E-state index contributed by atoms with van der Waals surface area (Å²) in [4.78, 5) is 12.4. The molecule has 0 aliphatic heterocycles. The molecule has 0 spiro atoms. The number of hydrogen-bond acceptors (Lipinski definition) is 3. The molecule has 0 fully saturated rings. The molecule has 1 N–H and O–H groups in total. The normalized spacial score (nSPS) is 10.5. The SMILES string of the molecule is CCCOCc1cc(C(=O)Nc2ccc(F)cc2)ccc1OCC. The number of amides is 1. The number of halogens is 1. The van der Waals surface area contributed by atoms with Crippen LogP contribution in [0.1, 0.15) is 36.2 Å². The highest BCUT2D eigenvalue weighted by atomic mass is 19.1. The molecule has 0 bridgehead atoms. The summed E-state index contributed by atoms with van der Waals surface area (Å²) in [5.41, 5.74) is 1.87. The molecule has 0 aliphatic rings. The monoisotopic (exact) mass is 331 g/mol. The fourth-order valence-electron chi connectivity index (χ4n) is 2.19. The average Bonchev–Trinajstić information content (AvgIpc) is 2.58. The van der Waals surface area contributed by atoms with Gasteiger partial charge in [0.25, 0.3) is 5.91 Å². The van der Waals surface area contributed by atoms with E-state index in [0.29, 0.717) is 36.8 Å². The van der Waals surface area contributed by atoms with E-state index in [-0.39, 0.29) is 11.7 Å². The van der Waals surface area contributed by atoms with E-state index in [1.807, 2.05) is 13.8 Å². The van der Waals surface area contributed by atoms with E-state index in [9.17, 15) is 9.18 Å². The Morgan fingerprint density at radius 3 is 2.54 bits per heavy atom. The summed E-state index contributed by atoms with van der Waals surface area (Å²) >= 11 is 0. The summed E-state index contributed by atoms with van der Waals surface area (Å²) in [7, 11) is 0. The van der Waals surface area contributed by atoms with E-state index < -0.39 is 0 Å². The number of nitrogens with one attached hydrogen (secondary N) is 1. The van der Waals surface area contributed by atoms with Crippen LogP contribution in [0, 0.1) is 5.82 Å². The first-order valence-corrected chi connectivity index (χ1v) is 8.04. The number of rotatable bonds is 8. The van der Waals surface area contributed by atoms with Crippen molar-refractivity contribution in [1.29, 1.82) is 0 Å². The maximum Gasteiger partial charge on any atom is 0.255 e. The molecule has 2 aromatic carbocycles. The fraction of sp³-hybridized carbons (Fsp3) is 0.316. The Bertz CT molecular complexity index is 671. The Morgan fingerprint density at radius 1 is 1.12 bits per heavy atom. The van der Waals surface area contributed by atoms with Crippen molar-refractivity contribution in [2.75, 3.05) is 18.5 Å². The zero-order chi connectivity index (χ0) is 17.4. The van der Waals surface area contributed by atoms with Gasteiger partial charge in [0, 0.05) is 23.4 Å². The third-order valence-corrected chi connectivity index (χ3v) is 3.33. The Kier molecular flexibility index (Phi) is 6.75. The van der Waals surface area contributed by atoms with E-state index in [2.05, 4.69) is 5.32 Å². The summed E-state index contributed by atoms with van der Waals surface area (Å²) < 4.78 is 24.1. The van der Waals surface area contributed by atoms with Gasteiger partial charge in [-0.2, -0.15) is 0 Å². The average molecular weight is 331 g/mol. The zero-order valence-electron chi connectivity index (χ0n) is 14.0. The fourth-order valence-corrected chi connectivity index (χ4v) is 2.19. The van der Waals surface area contributed by atoms with Crippen LogP contribution in [0.3, 0.4) is 0 Å². The van der Waals surface area contributed by atoms with Crippen LogP contribution in [0.5, 0.6) is 5.75 Å². The minimum absolute atomic E-state index is 0.263. The van der Waals surface area contributed by atoms with Crippen LogP contribution in [0.2, 0.25) is 0 Å². The molecule has 0 atom stereocenters. The number of carbonyl (C=O) groups is 1. The van der Waals surface area contributed by atoms with Crippen molar-refractivity contribution in [1.82, 2.24) is 0 Å². The van der Waals surface area contributed by atoms with E-state index in [1.165, 1.54) is 24.3 Å². The molecular formula is C19H22FNO3. The molecule has 2 aromatic rings. The standard InChI is InChI=1S/C19H22FNO3/c1-3-11-23-13-15-12-14(5-10-18(15)24-4-2)19(22)21-17-8-6-16(20)7-9-17/h5-10,12H,3-4,11,13H2,1-2H3,(H,21,22). The lowest BCUT2D eigenvalue weighted by molar-refractivity contribution is 0.102. The van der Waals surface area contributed by atoms with Gasteiger partial charge in [-0.1, -0.05) is 6.92 Å². The Balaban J connectivity index is 2.14. The second-order valence-electron chi connectivity index (χ2n) is 5.27. The molecule has 2 rings (SSSR count). The highest BCUT2D eigenvalue weighted by Gasteiger charge is 2.11. The third kappa shape index (κ3) is 5.06. The van der Waals surface area contributed by atoms with Crippen LogP contribution in [0.4, 0.5) is 10.1 Å². The van der Waals surface area contributed by atoms with Crippen molar-refractivity contribution in [3.8, 4) is 5.75 Å². The van der Waals surface area contributed by atoms with Gasteiger partial charge in [0.15, 0.2) is 0 Å². The first kappa shape index (κ1) is 17.9. The van der Waals surface area contributed by atoms with Crippen LogP contribution in [0.25, 0.3) is 0 Å². The smallest absolute Gasteiger partial charge is 0.255 e. The highest BCUT2D eigenvalue weighted by Crippen LogP contribution is 2.22. The Labute approximate surface area is 141 Å². The lowest BCUT2D eigenvalue weighted by Crippen LogP contribution is -2.13. The van der Waals surface area contributed by atoms with Gasteiger partial charge in [0.05, 0.1) is 13.2 Å². The van der Waals surface area contributed by atoms with Crippen molar-refractivity contribution in [3.05, 3.63) is 59.4 Å². The predicted molar refractivity (Wildman–Crippen MR) is 91.9 cm³/mol. The summed E-state index contributed by atoms with van der Waals surface area (Å²) in [6, 6.07) is 10.9. The summed E-state index contributed by atoms with van der Waals surface area (Å²) in [6.45, 7) is 5.53. The van der Waals surface area contributed by atoms with E-state index in [1.54, 1.807) is 18.2 Å². The largest absolute Gasteiger partial charge is 0.494 e. The van der Waals surface area contributed by atoms with Gasteiger partial charge < -0.3 is 14.8 Å². The lowest BCUT2D eigenvalue weighted by Gasteiger charge is -2.13. The zero-order valence-corrected chi connectivity index (χ0v) is 14.0. The molecule has 128 valence electrons. The molecule has 0 heterocycles. The Morgan fingerprint density at radius 2 is 1.88 bits per heavy atom. The molecule has 0 saturated carbocycles. The summed E-state index contributed by atoms with van der Waals surface area (Å²) in [6.07, 6.45) is 0.925. The lowest BCUT2D eigenvalue weighted by atomic mass is 10.1. The number of hydrogen-bond donors (Lipinski definition) is 1. The van der Waals surface area contributed by atoms with Crippen molar-refractivity contribution in [2.24, 2.45) is 0 Å². The van der Waals surface area contributed by atoms with Gasteiger partial charge in [-0.05, 0) is 55.8 Å². The number of carbonyl (C=O) groups excluding carboxylic acids is 1. The minimum atomic E-state index is -0.343. The molecule has 24 heavy (non-hydrogen) atoms. The van der Waals surface area contributed by atoms with E-state index in [4.69, 9.17) is 9.47 Å². The molecule has 0 radical (unpaired) electrons. The molecular weight excluding hydrogens is 309 g/mol. The molecule has 5 heteroatoms. The van der Waals surface area contributed by atoms with Gasteiger partial charge >= 0.3 is 0 Å².